The van der Waals surface area contributed by atoms with Crippen LogP contribution in [0, 0.1) is 11.3 Å². The van der Waals surface area contributed by atoms with Crippen LogP contribution in [-0.4, -0.2) is 6.54 Å². The summed E-state index contributed by atoms with van der Waals surface area (Å²) in [4.78, 5) is 0. The highest BCUT2D eigenvalue weighted by Crippen LogP contribution is 2.23. The third-order valence-corrected chi connectivity index (χ3v) is 2.88. The molecule has 0 aliphatic heterocycles. The van der Waals surface area contributed by atoms with Crippen molar-refractivity contribution in [3.8, 4) is 6.07 Å². The minimum absolute atomic E-state index is 0.689. The van der Waals surface area contributed by atoms with Gasteiger partial charge in [-0.05, 0) is 34.5 Å². The number of benzene rings is 1. The van der Waals surface area contributed by atoms with E-state index in [9.17, 15) is 0 Å². The van der Waals surface area contributed by atoms with Gasteiger partial charge in [0.05, 0.1) is 11.3 Å². The van der Waals surface area contributed by atoms with Crippen LogP contribution in [0.1, 0.15) is 31.7 Å². The third kappa shape index (κ3) is 3.56. The Morgan fingerprint density at radius 1 is 1.40 bits per heavy atom. The van der Waals surface area contributed by atoms with E-state index in [1.54, 1.807) is 0 Å². The van der Waals surface area contributed by atoms with E-state index in [1.165, 1.54) is 12.8 Å². The number of rotatable bonds is 5. The molecule has 0 saturated carbocycles. The van der Waals surface area contributed by atoms with E-state index in [2.05, 4.69) is 34.2 Å². The standard InChI is InChI=1S/C12H15BrN2/c1-2-3-4-8-15-12-7-5-6-11(13)10(12)9-14/h5-7,15H,2-4,8H2,1H3. The molecule has 0 aliphatic rings. The summed E-state index contributed by atoms with van der Waals surface area (Å²) in [5.74, 6) is 0. The summed E-state index contributed by atoms with van der Waals surface area (Å²) in [7, 11) is 0. The van der Waals surface area contributed by atoms with Crippen molar-refractivity contribution in [1.82, 2.24) is 0 Å². The maximum Gasteiger partial charge on any atom is 0.103 e. The topological polar surface area (TPSA) is 35.8 Å². The van der Waals surface area contributed by atoms with E-state index < -0.39 is 0 Å². The minimum atomic E-state index is 0.689. The SMILES string of the molecule is CCCCCNc1cccc(Br)c1C#N. The predicted molar refractivity (Wildman–Crippen MR) is 66.9 cm³/mol. The van der Waals surface area contributed by atoms with Crippen molar-refractivity contribution in [2.75, 3.05) is 11.9 Å². The summed E-state index contributed by atoms with van der Waals surface area (Å²) in [5.41, 5.74) is 1.61. The summed E-state index contributed by atoms with van der Waals surface area (Å²) >= 11 is 3.37. The second-order valence-electron chi connectivity index (χ2n) is 3.41. The van der Waals surface area contributed by atoms with E-state index in [4.69, 9.17) is 5.26 Å². The van der Waals surface area contributed by atoms with Gasteiger partial charge in [-0.25, -0.2) is 0 Å². The lowest BCUT2D eigenvalue weighted by atomic mass is 10.2. The van der Waals surface area contributed by atoms with E-state index in [1.807, 2.05) is 18.2 Å². The van der Waals surface area contributed by atoms with Gasteiger partial charge < -0.3 is 5.32 Å². The number of unbranched alkanes of at least 4 members (excludes halogenated alkanes) is 2. The molecule has 3 heteroatoms. The quantitative estimate of drug-likeness (QED) is 0.820. The molecule has 0 saturated heterocycles. The van der Waals surface area contributed by atoms with Crippen molar-refractivity contribution in [3.63, 3.8) is 0 Å². The summed E-state index contributed by atoms with van der Waals surface area (Å²) in [5, 5.41) is 12.3. The number of halogens is 1. The number of nitrogens with zero attached hydrogens (tertiary/aromatic N) is 1. The molecule has 15 heavy (non-hydrogen) atoms. The zero-order valence-corrected chi connectivity index (χ0v) is 10.5. The Bertz CT molecular complexity index is 355. The van der Waals surface area contributed by atoms with Crippen molar-refractivity contribution >= 4 is 21.6 Å². The first kappa shape index (κ1) is 12.1. The molecule has 0 heterocycles. The fraction of sp³-hybridized carbons (Fsp3) is 0.417. The van der Waals surface area contributed by atoms with Gasteiger partial charge in [0.15, 0.2) is 0 Å². The molecule has 1 aromatic rings. The Hall–Kier alpha value is -1.01. The fourth-order valence-electron chi connectivity index (χ4n) is 1.38. The van der Waals surface area contributed by atoms with Crippen LogP contribution in [0.4, 0.5) is 5.69 Å². The van der Waals surface area contributed by atoms with Gasteiger partial charge in [-0.3, -0.25) is 0 Å². The van der Waals surface area contributed by atoms with Crippen LogP contribution >= 0.6 is 15.9 Å². The van der Waals surface area contributed by atoms with Crippen LogP contribution in [0.5, 0.6) is 0 Å². The number of nitrogens with one attached hydrogen (secondary N) is 1. The Morgan fingerprint density at radius 3 is 2.87 bits per heavy atom. The van der Waals surface area contributed by atoms with Crippen molar-refractivity contribution < 1.29 is 0 Å². The Labute approximate surface area is 99.4 Å². The molecular weight excluding hydrogens is 252 g/mol. The molecule has 0 fully saturated rings. The maximum atomic E-state index is 8.98. The van der Waals surface area contributed by atoms with Gasteiger partial charge in [0, 0.05) is 11.0 Å². The zero-order chi connectivity index (χ0) is 11.1. The fourth-order valence-corrected chi connectivity index (χ4v) is 1.84. The van der Waals surface area contributed by atoms with Gasteiger partial charge in [-0.2, -0.15) is 5.26 Å². The van der Waals surface area contributed by atoms with Crippen molar-refractivity contribution in [1.29, 1.82) is 5.26 Å². The average Bonchev–Trinajstić information content (AvgIpc) is 2.24. The summed E-state index contributed by atoms with van der Waals surface area (Å²) in [6, 6.07) is 7.96. The summed E-state index contributed by atoms with van der Waals surface area (Å²) in [6.45, 7) is 3.11. The first-order valence-corrected chi connectivity index (χ1v) is 6.01. The molecule has 0 spiro atoms. The van der Waals surface area contributed by atoms with Crippen LogP contribution in [0.25, 0.3) is 0 Å². The van der Waals surface area contributed by atoms with Crippen molar-refractivity contribution in [2.45, 2.75) is 26.2 Å². The molecule has 1 N–H and O–H groups in total. The molecule has 1 aromatic carbocycles. The molecule has 2 nitrogen and oxygen atoms in total. The van der Waals surface area contributed by atoms with Crippen molar-refractivity contribution in [3.05, 3.63) is 28.2 Å². The predicted octanol–water partition coefficient (Wildman–Crippen LogP) is 3.92. The number of hydrogen-bond acceptors (Lipinski definition) is 2. The number of anilines is 1. The Morgan fingerprint density at radius 2 is 2.20 bits per heavy atom. The number of nitriles is 1. The Balaban J connectivity index is 2.61. The molecule has 0 aliphatic carbocycles. The molecule has 0 radical (unpaired) electrons. The van der Waals surface area contributed by atoms with E-state index in [0.717, 1.165) is 23.1 Å². The van der Waals surface area contributed by atoms with Crippen LogP contribution in [-0.2, 0) is 0 Å². The van der Waals surface area contributed by atoms with Crippen molar-refractivity contribution in [2.24, 2.45) is 0 Å². The monoisotopic (exact) mass is 266 g/mol. The summed E-state index contributed by atoms with van der Waals surface area (Å²) in [6.07, 6.45) is 3.59. The normalized spacial score (nSPS) is 9.67. The molecule has 0 aromatic heterocycles. The smallest absolute Gasteiger partial charge is 0.103 e. The highest BCUT2D eigenvalue weighted by molar-refractivity contribution is 9.10. The summed E-state index contributed by atoms with van der Waals surface area (Å²) < 4.78 is 0.852. The molecule has 80 valence electrons. The zero-order valence-electron chi connectivity index (χ0n) is 8.89. The first-order chi connectivity index (χ1) is 7.29. The van der Waals surface area contributed by atoms with Crippen LogP contribution < -0.4 is 5.32 Å². The third-order valence-electron chi connectivity index (χ3n) is 2.22. The van der Waals surface area contributed by atoms with Gasteiger partial charge in [0.1, 0.15) is 6.07 Å². The molecule has 1 rings (SSSR count). The van der Waals surface area contributed by atoms with Gasteiger partial charge >= 0.3 is 0 Å². The second-order valence-corrected chi connectivity index (χ2v) is 4.26. The lowest BCUT2D eigenvalue weighted by Crippen LogP contribution is -2.03. The molecule has 0 amide bonds. The minimum Gasteiger partial charge on any atom is -0.384 e. The maximum absolute atomic E-state index is 8.98. The molecule has 0 unspecified atom stereocenters. The highest BCUT2D eigenvalue weighted by atomic mass is 79.9. The Kier molecular flexibility index (Phi) is 5.20. The largest absolute Gasteiger partial charge is 0.384 e. The van der Waals surface area contributed by atoms with Gasteiger partial charge in [-0.1, -0.05) is 25.8 Å². The van der Waals surface area contributed by atoms with Crippen LogP contribution in [0.2, 0.25) is 0 Å². The van der Waals surface area contributed by atoms with E-state index >= 15 is 0 Å². The molecule has 0 atom stereocenters. The van der Waals surface area contributed by atoms with Gasteiger partial charge in [-0.15, -0.1) is 0 Å². The van der Waals surface area contributed by atoms with Crippen LogP contribution in [0.15, 0.2) is 22.7 Å². The van der Waals surface area contributed by atoms with E-state index in [-0.39, 0.29) is 0 Å². The first-order valence-electron chi connectivity index (χ1n) is 5.22. The lowest BCUT2D eigenvalue weighted by molar-refractivity contribution is 0.743. The molecular formula is C12H15BrN2. The number of hydrogen-bond donors (Lipinski definition) is 1. The second kappa shape index (κ2) is 6.47. The highest BCUT2D eigenvalue weighted by Gasteiger charge is 2.04. The van der Waals surface area contributed by atoms with E-state index in [0.29, 0.717) is 5.56 Å². The lowest BCUT2D eigenvalue weighted by Gasteiger charge is -2.08. The van der Waals surface area contributed by atoms with Gasteiger partial charge in [0.2, 0.25) is 0 Å². The van der Waals surface area contributed by atoms with Gasteiger partial charge in [0.25, 0.3) is 0 Å². The van der Waals surface area contributed by atoms with Crippen LogP contribution in [0.3, 0.4) is 0 Å². The average molecular weight is 267 g/mol. The molecule has 0 bridgehead atoms.